The Morgan fingerprint density at radius 2 is 2.45 bits per heavy atom. The Kier molecular flexibility index (Phi) is 2.90. The predicted octanol–water partition coefficient (Wildman–Crippen LogP) is 1.68. The van der Waals surface area contributed by atoms with Crippen LogP contribution in [0.1, 0.15) is 33.1 Å². The highest BCUT2D eigenvalue weighted by molar-refractivity contribution is 4.94. The fraction of sp³-hybridized carbons (Fsp3) is 0.889. The van der Waals surface area contributed by atoms with E-state index >= 15 is 0 Å². The minimum atomic E-state index is 0.376. The lowest BCUT2D eigenvalue weighted by molar-refractivity contribution is 0.527. The van der Waals surface area contributed by atoms with Gasteiger partial charge in [0.15, 0.2) is 0 Å². The van der Waals surface area contributed by atoms with Crippen molar-refractivity contribution in [2.45, 2.75) is 45.2 Å². The smallest absolute Gasteiger partial charge is 0.0638 e. The SMILES string of the molecule is CCC1CC1NC(C)CC#N. The molecule has 0 saturated heterocycles. The summed E-state index contributed by atoms with van der Waals surface area (Å²) in [4.78, 5) is 0. The maximum Gasteiger partial charge on any atom is 0.0638 e. The van der Waals surface area contributed by atoms with Gasteiger partial charge in [0, 0.05) is 12.1 Å². The highest BCUT2D eigenvalue weighted by atomic mass is 15.0. The van der Waals surface area contributed by atoms with E-state index in [4.69, 9.17) is 5.26 Å². The van der Waals surface area contributed by atoms with Crippen LogP contribution in [0.3, 0.4) is 0 Å². The largest absolute Gasteiger partial charge is 0.310 e. The summed E-state index contributed by atoms with van der Waals surface area (Å²) in [6.45, 7) is 4.30. The molecule has 1 fully saturated rings. The number of hydrogen-bond acceptors (Lipinski definition) is 2. The molecule has 1 N–H and O–H groups in total. The van der Waals surface area contributed by atoms with Gasteiger partial charge < -0.3 is 5.32 Å². The Morgan fingerprint density at radius 1 is 1.73 bits per heavy atom. The van der Waals surface area contributed by atoms with E-state index < -0.39 is 0 Å². The number of nitrogens with one attached hydrogen (secondary N) is 1. The minimum absolute atomic E-state index is 0.376. The van der Waals surface area contributed by atoms with Crippen molar-refractivity contribution in [2.24, 2.45) is 5.92 Å². The fourth-order valence-electron chi connectivity index (χ4n) is 1.46. The van der Waals surface area contributed by atoms with E-state index in [1.807, 2.05) is 0 Å². The van der Waals surface area contributed by atoms with Crippen molar-refractivity contribution >= 4 is 0 Å². The zero-order chi connectivity index (χ0) is 8.27. The van der Waals surface area contributed by atoms with Gasteiger partial charge in [-0.05, 0) is 19.3 Å². The van der Waals surface area contributed by atoms with E-state index in [1.165, 1.54) is 12.8 Å². The highest BCUT2D eigenvalue weighted by Crippen LogP contribution is 2.33. The van der Waals surface area contributed by atoms with Crippen LogP contribution >= 0.6 is 0 Å². The molecule has 0 aliphatic heterocycles. The van der Waals surface area contributed by atoms with Crippen LogP contribution in [0.5, 0.6) is 0 Å². The Labute approximate surface area is 68.6 Å². The third kappa shape index (κ3) is 2.51. The van der Waals surface area contributed by atoms with E-state index in [2.05, 4.69) is 25.2 Å². The van der Waals surface area contributed by atoms with Crippen LogP contribution in [0.15, 0.2) is 0 Å². The van der Waals surface area contributed by atoms with Crippen molar-refractivity contribution in [1.82, 2.24) is 5.32 Å². The van der Waals surface area contributed by atoms with Gasteiger partial charge in [-0.25, -0.2) is 0 Å². The van der Waals surface area contributed by atoms with Crippen molar-refractivity contribution in [1.29, 1.82) is 5.26 Å². The van der Waals surface area contributed by atoms with Crippen molar-refractivity contribution in [3.63, 3.8) is 0 Å². The van der Waals surface area contributed by atoms with E-state index in [1.54, 1.807) is 0 Å². The molecule has 0 radical (unpaired) electrons. The molecule has 1 saturated carbocycles. The van der Waals surface area contributed by atoms with Crippen LogP contribution in [0.4, 0.5) is 0 Å². The maximum atomic E-state index is 8.40. The zero-order valence-electron chi connectivity index (χ0n) is 7.30. The standard InChI is InChI=1S/C9H16N2/c1-3-8-6-9(8)11-7(2)4-5-10/h7-9,11H,3-4,6H2,1-2H3. The molecule has 2 heteroatoms. The molecule has 0 heterocycles. The van der Waals surface area contributed by atoms with Crippen molar-refractivity contribution in [2.75, 3.05) is 0 Å². The summed E-state index contributed by atoms with van der Waals surface area (Å²) in [7, 11) is 0. The molecular formula is C9H16N2. The van der Waals surface area contributed by atoms with Gasteiger partial charge in [-0.3, -0.25) is 0 Å². The van der Waals surface area contributed by atoms with Crippen molar-refractivity contribution in [3.05, 3.63) is 0 Å². The predicted molar refractivity (Wildman–Crippen MR) is 45.0 cm³/mol. The lowest BCUT2D eigenvalue weighted by atomic mass is 10.2. The molecule has 2 nitrogen and oxygen atoms in total. The molecule has 3 atom stereocenters. The number of nitriles is 1. The first-order valence-corrected chi connectivity index (χ1v) is 4.41. The number of rotatable bonds is 4. The first-order chi connectivity index (χ1) is 5.27. The van der Waals surface area contributed by atoms with Gasteiger partial charge in [-0.1, -0.05) is 13.3 Å². The summed E-state index contributed by atoms with van der Waals surface area (Å²) in [6, 6.07) is 3.26. The molecule has 0 amide bonds. The topological polar surface area (TPSA) is 35.8 Å². The molecule has 1 aliphatic carbocycles. The molecule has 0 aromatic heterocycles. The van der Waals surface area contributed by atoms with Gasteiger partial charge >= 0.3 is 0 Å². The van der Waals surface area contributed by atoms with Crippen LogP contribution in [0.2, 0.25) is 0 Å². The van der Waals surface area contributed by atoms with Crippen molar-refractivity contribution in [3.8, 4) is 6.07 Å². The molecule has 3 unspecified atom stereocenters. The Morgan fingerprint density at radius 3 is 2.91 bits per heavy atom. The third-order valence-electron chi connectivity index (χ3n) is 2.34. The summed E-state index contributed by atoms with van der Waals surface area (Å²) in [5, 5.41) is 11.8. The van der Waals surface area contributed by atoms with Gasteiger partial charge in [0.1, 0.15) is 0 Å². The molecule has 0 aromatic rings. The maximum absolute atomic E-state index is 8.40. The van der Waals surface area contributed by atoms with Gasteiger partial charge in [0.05, 0.1) is 12.5 Å². The molecule has 62 valence electrons. The summed E-state index contributed by atoms with van der Waals surface area (Å²) in [6.07, 6.45) is 3.22. The molecule has 0 aromatic carbocycles. The van der Waals surface area contributed by atoms with E-state index in [-0.39, 0.29) is 0 Å². The van der Waals surface area contributed by atoms with E-state index in [9.17, 15) is 0 Å². The number of nitrogens with zero attached hydrogens (tertiary/aromatic N) is 1. The summed E-state index contributed by atoms with van der Waals surface area (Å²) in [5.74, 6) is 0.885. The monoisotopic (exact) mass is 152 g/mol. The Bertz CT molecular complexity index is 159. The van der Waals surface area contributed by atoms with Crippen LogP contribution in [0, 0.1) is 17.2 Å². The second kappa shape index (κ2) is 3.73. The summed E-state index contributed by atoms with van der Waals surface area (Å²) >= 11 is 0. The average molecular weight is 152 g/mol. The van der Waals surface area contributed by atoms with E-state index in [0.29, 0.717) is 18.5 Å². The lowest BCUT2D eigenvalue weighted by Crippen LogP contribution is -2.28. The third-order valence-corrected chi connectivity index (χ3v) is 2.34. The van der Waals surface area contributed by atoms with Gasteiger partial charge in [-0.2, -0.15) is 5.26 Å². The summed E-state index contributed by atoms with van der Waals surface area (Å²) < 4.78 is 0. The van der Waals surface area contributed by atoms with Crippen LogP contribution in [0.25, 0.3) is 0 Å². The second-order valence-electron chi connectivity index (χ2n) is 3.44. The summed E-state index contributed by atoms with van der Waals surface area (Å²) in [5.41, 5.74) is 0. The first kappa shape index (κ1) is 8.55. The quantitative estimate of drug-likeness (QED) is 0.665. The highest BCUT2D eigenvalue weighted by Gasteiger charge is 2.35. The lowest BCUT2D eigenvalue weighted by Gasteiger charge is -2.08. The molecule has 0 bridgehead atoms. The van der Waals surface area contributed by atoms with Gasteiger partial charge in [0.2, 0.25) is 0 Å². The van der Waals surface area contributed by atoms with Gasteiger partial charge in [-0.15, -0.1) is 0 Å². The number of hydrogen-bond donors (Lipinski definition) is 1. The molecule has 1 aliphatic rings. The fourth-order valence-corrected chi connectivity index (χ4v) is 1.46. The van der Waals surface area contributed by atoms with Crippen LogP contribution < -0.4 is 5.32 Å². The minimum Gasteiger partial charge on any atom is -0.310 e. The van der Waals surface area contributed by atoms with Gasteiger partial charge in [0.25, 0.3) is 0 Å². The normalized spacial score (nSPS) is 31.0. The second-order valence-corrected chi connectivity index (χ2v) is 3.44. The molecule has 0 spiro atoms. The van der Waals surface area contributed by atoms with Crippen LogP contribution in [-0.2, 0) is 0 Å². The Balaban J connectivity index is 2.09. The van der Waals surface area contributed by atoms with Crippen molar-refractivity contribution < 1.29 is 0 Å². The molecule has 1 rings (SSSR count). The molecular weight excluding hydrogens is 136 g/mol. The zero-order valence-corrected chi connectivity index (χ0v) is 7.30. The Hall–Kier alpha value is -0.550. The van der Waals surface area contributed by atoms with E-state index in [0.717, 1.165) is 5.92 Å². The van der Waals surface area contributed by atoms with Crippen LogP contribution in [-0.4, -0.2) is 12.1 Å². The molecule has 11 heavy (non-hydrogen) atoms. The first-order valence-electron chi connectivity index (χ1n) is 4.41. The average Bonchev–Trinajstić information content (AvgIpc) is 2.68.